The zero-order valence-corrected chi connectivity index (χ0v) is 10.6. The van der Waals surface area contributed by atoms with E-state index in [0.29, 0.717) is 13.0 Å². The monoisotopic (exact) mass is 269 g/mol. The van der Waals surface area contributed by atoms with Gasteiger partial charge in [-0.3, -0.25) is 0 Å². The predicted molar refractivity (Wildman–Crippen MR) is 67.4 cm³/mol. The Bertz CT molecular complexity index is 437. The van der Waals surface area contributed by atoms with Crippen LogP contribution in [0.4, 0.5) is 4.79 Å². The van der Waals surface area contributed by atoms with Crippen LogP contribution in [0.25, 0.3) is 0 Å². The highest BCUT2D eigenvalue weighted by atomic mass is 32.2. The summed E-state index contributed by atoms with van der Waals surface area (Å²) in [6.45, 7) is 0.990. The van der Waals surface area contributed by atoms with Crippen molar-refractivity contribution in [2.24, 2.45) is 0 Å². The average Bonchev–Trinajstić information content (AvgIpc) is 2.87. The number of rotatable bonds is 3. The smallest absolute Gasteiger partial charge is 0.410 e. The Labute approximate surface area is 108 Å². The summed E-state index contributed by atoms with van der Waals surface area (Å²) in [6, 6.07) is 9.41. The first-order valence-electron chi connectivity index (χ1n) is 5.72. The molecule has 18 heavy (non-hydrogen) atoms. The summed E-state index contributed by atoms with van der Waals surface area (Å²) < 4.78 is 25.0. The van der Waals surface area contributed by atoms with Gasteiger partial charge < -0.3 is 14.2 Å². The molecule has 1 N–H and O–H groups in total. The van der Waals surface area contributed by atoms with Crippen LogP contribution in [0.2, 0.25) is 0 Å². The van der Waals surface area contributed by atoms with Gasteiger partial charge in [-0.15, -0.1) is 0 Å². The second-order valence-corrected chi connectivity index (χ2v) is 5.39. The number of ether oxygens (including phenoxy) is 1. The summed E-state index contributed by atoms with van der Waals surface area (Å²) in [6.07, 6.45) is 0.121. The molecule has 1 aliphatic rings. The Morgan fingerprint density at radius 3 is 2.78 bits per heavy atom. The molecule has 1 aromatic carbocycles. The van der Waals surface area contributed by atoms with Gasteiger partial charge in [-0.05, 0) is 12.0 Å². The van der Waals surface area contributed by atoms with Crippen LogP contribution < -0.4 is 0 Å². The lowest BCUT2D eigenvalue weighted by Gasteiger charge is -2.15. The van der Waals surface area contributed by atoms with Crippen molar-refractivity contribution in [1.29, 1.82) is 0 Å². The third-order valence-electron chi connectivity index (χ3n) is 2.89. The van der Waals surface area contributed by atoms with Crippen molar-refractivity contribution in [1.82, 2.24) is 4.90 Å². The minimum Gasteiger partial charge on any atom is -0.445 e. The number of likely N-dealkylation sites (tertiary alicyclic amines) is 1. The van der Waals surface area contributed by atoms with Crippen molar-refractivity contribution in [3.05, 3.63) is 35.9 Å². The van der Waals surface area contributed by atoms with Gasteiger partial charge in [0.1, 0.15) is 6.61 Å². The van der Waals surface area contributed by atoms with Crippen LogP contribution >= 0.6 is 0 Å². The second-order valence-electron chi connectivity index (χ2n) is 4.17. The van der Waals surface area contributed by atoms with Crippen molar-refractivity contribution in [3.63, 3.8) is 0 Å². The van der Waals surface area contributed by atoms with E-state index in [9.17, 15) is 9.00 Å². The largest absolute Gasteiger partial charge is 0.445 e. The summed E-state index contributed by atoms with van der Waals surface area (Å²) in [4.78, 5) is 13.2. The second kappa shape index (κ2) is 5.97. The first-order chi connectivity index (χ1) is 8.66. The summed E-state index contributed by atoms with van der Waals surface area (Å²) >= 11 is -1.87. The van der Waals surface area contributed by atoms with Gasteiger partial charge in [0.2, 0.25) is 0 Å². The minimum atomic E-state index is -1.87. The Balaban J connectivity index is 1.81. The van der Waals surface area contributed by atoms with Crippen LogP contribution in [0.15, 0.2) is 30.3 Å². The van der Waals surface area contributed by atoms with E-state index in [2.05, 4.69) is 0 Å². The van der Waals surface area contributed by atoms with E-state index in [1.54, 1.807) is 0 Å². The van der Waals surface area contributed by atoms with Gasteiger partial charge in [-0.1, -0.05) is 30.3 Å². The van der Waals surface area contributed by atoms with Gasteiger partial charge in [0, 0.05) is 13.1 Å². The molecule has 1 saturated heterocycles. The molecule has 2 unspecified atom stereocenters. The third kappa shape index (κ3) is 3.30. The van der Waals surface area contributed by atoms with Gasteiger partial charge in [-0.2, -0.15) is 0 Å². The van der Waals surface area contributed by atoms with Gasteiger partial charge in [0.25, 0.3) is 0 Å². The van der Waals surface area contributed by atoms with Crippen LogP contribution in [0.3, 0.4) is 0 Å². The summed E-state index contributed by atoms with van der Waals surface area (Å²) in [5, 5.41) is -0.353. The van der Waals surface area contributed by atoms with E-state index in [0.717, 1.165) is 5.56 Å². The van der Waals surface area contributed by atoms with Crippen molar-refractivity contribution >= 4 is 17.2 Å². The van der Waals surface area contributed by atoms with Crippen LogP contribution in [0.5, 0.6) is 0 Å². The van der Waals surface area contributed by atoms with Crippen molar-refractivity contribution in [2.45, 2.75) is 18.3 Å². The van der Waals surface area contributed by atoms with E-state index in [-0.39, 0.29) is 18.4 Å². The SMILES string of the molecule is O=C(OCc1ccccc1)N1CCC(S(=O)O)C1. The van der Waals surface area contributed by atoms with E-state index in [1.807, 2.05) is 30.3 Å². The molecule has 1 aromatic rings. The van der Waals surface area contributed by atoms with Crippen LogP contribution in [0.1, 0.15) is 12.0 Å². The molecule has 0 bridgehead atoms. The molecule has 0 aliphatic carbocycles. The Hall–Kier alpha value is -1.40. The van der Waals surface area contributed by atoms with Gasteiger partial charge in [0.15, 0.2) is 11.1 Å². The number of amides is 1. The fourth-order valence-electron chi connectivity index (χ4n) is 1.87. The van der Waals surface area contributed by atoms with Crippen molar-refractivity contribution in [3.8, 4) is 0 Å². The predicted octanol–water partition coefficient (Wildman–Crippen LogP) is 1.62. The zero-order valence-electron chi connectivity index (χ0n) is 9.82. The first kappa shape index (κ1) is 13.0. The number of hydrogen-bond acceptors (Lipinski definition) is 3. The lowest BCUT2D eigenvalue weighted by Crippen LogP contribution is -2.30. The summed E-state index contributed by atoms with van der Waals surface area (Å²) in [5.41, 5.74) is 0.923. The maximum Gasteiger partial charge on any atom is 0.410 e. The highest BCUT2D eigenvalue weighted by molar-refractivity contribution is 7.79. The number of carbonyl (C=O) groups excluding carboxylic acids is 1. The number of carbonyl (C=O) groups is 1. The molecule has 0 saturated carbocycles. The summed E-state index contributed by atoms with van der Waals surface area (Å²) in [7, 11) is 0. The van der Waals surface area contributed by atoms with Gasteiger partial charge in [-0.25, -0.2) is 9.00 Å². The molecule has 0 aromatic heterocycles. The molecule has 1 aliphatic heterocycles. The Morgan fingerprint density at radius 2 is 2.17 bits per heavy atom. The third-order valence-corrected chi connectivity index (χ3v) is 3.85. The van der Waals surface area contributed by atoms with E-state index in [1.165, 1.54) is 4.90 Å². The molecule has 1 heterocycles. The minimum absolute atomic E-state index is 0.225. The highest BCUT2D eigenvalue weighted by Crippen LogP contribution is 2.15. The maximum atomic E-state index is 11.7. The van der Waals surface area contributed by atoms with Gasteiger partial charge >= 0.3 is 6.09 Å². The van der Waals surface area contributed by atoms with Crippen molar-refractivity contribution in [2.75, 3.05) is 13.1 Å². The molecule has 1 fully saturated rings. The zero-order chi connectivity index (χ0) is 13.0. The number of nitrogens with zero attached hydrogens (tertiary/aromatic N) is 1. The molecule has 2 rings (SSSR count). The van der Waals surface area contributed by atoms with E-state index in [4.69, 9.17) is 9.29 Å². The fraction of sp³-hybridized carbons (Fsp3) is 0.417. The molecular weight excluding hydrogens is 254 g/mol. The molecule has 2 atom stereocenters. The summed E-state index contributed by atoms with van der Waals surface area (Å²) in [5.74, 6) is 0. The van der Waals surface area contributed by atoms with E-state index < -0.39 is 17.2 Å². The van der Waals surface area contributed by atoms with Gasteiger partial charge in [0.05, 0.1) is 5.25 Å². The number of benzene rings is 1. The maximum absolute atomic E-state index is 11.7. The normalized spacial score (nSPS) is 20.7. The molecule has 1 amide bonds. The molecule has 5 nitrogen and oxygen atoms in total. The molecular formula is C12H15NO4S. The lowest BCUT2D eigenvalue weighted by atomic mass is 10.2. The molecule has 6 heteroatoms. The van der Waals surface area contributed by atoms with Crippen LogP contribution in [-0.2, 0) is 22.4 Å². The van der Waals surface area contributed by atoms with Crippen LogP contribution in [0, 0.1) is 0 Å². The average molecular weight is 269 g/mol. The molecule has 98 valence electrons. The molecule has 0 radical (unpaired) electrons. The quantitative estimate of drug-likeness (QED) is 0.847. The van der Waals surface area contributed by atoms with Crippen LogP contribution in [-0.4, -0.2) is 38.1 Å². The Morgan fingerprint density at radius 1 is 1.44 bits per heavy atom. The van der Waals surface area contributed by atoms with Crippen molar-refractivity contribution < 1.29 is 18.3 Å². The standard InChI is InChI=1S/C12H15NO4S/c14-12(13-7-6-11(8-13)18(15)16)17-9-10-4-2-1-3-5-10/h1-5,11H,6-9H2,(H,15,16). The first-order valence-corrected chi connectivity index (χ1v) is 6.89. The lowest BCUT2D eigenvalue weighted by molar-refractivity contribution is 0.104. The topological polar surface area (TPSA) is 66.8 Å². The molecule has 0 spiro atoms. The number of hydrogen-bond donors (Lipinski definition) is 1. The fourth-order valence-corrected chi connectivity index (χ4v) is 2.48. The van der Waals surface area contributed by atoms with E-state index >= 15 is 0 Å². The Kier molecular flexibility index (Phi) is 4.33. The highest BCUT2D eigenvalue weighted by Gasteiger charge is 2.30.